The zero-order valence-corrected chi connectivity index (χ0v) is 19.8. The van der Waals surface area contributed by atoms with E-state index in [1.54, 1.807) is 0 Å². The first-order valence-electron chi connectivity index (χ1n) is 12.1. The van der Waals surface area contributed by atoms with E-state index in [4.69, 9.17) is 4.52 Å². The van der Waals surface area contributed by atoms with Crippen molar-refractivity contribution in [3.05, 3.63) is 101 Å². The zero-order chi connectivity index (χ0) is 24.4. The van der Waals surface area contributed by atoms with Gasteiger partial charge in [-0.2, -0.15) is 0 Å². The number of rotatable bonds is 9. The van der Waals surface area contributed by atoms with Gasteiger partial charge in [0.25, 0.3) is 0 Å². The van der Waals surface area contributed by atoms with Gasteiger partial charge in [-0.3, -0.25) is 4.79 Å². The largest absolute Gasteiger partial charge is 0.481 e. The highest BCUT2D eigenvalue weighted by Crippen LogP contribution is 2.48. The predicted molar refractivity (Wildman–Crippen MR) is 135 cm³/mol. The number of carbonyl (C=O) groups is 1. The number of aliphatic hydroxyl groups is 1. The summed E-state index contributed by atoms with van der Waals surface area (Å²) in [7, 11) is 0. The average molecular weight is 468 g/mol. The van der Waals surface area contributed by atoms with Crippen LogP contribution >= 0.6 is 0 Å². The molecule has 1 fully saturated rings. The summed E-state index contributed by atoms with van der Waals surface area (Å²) >= 11 is 0. The molecule has 1 heterocycles. The Morgan fingerprint density at radius 3 is 2.14 bits per heavy atom. The highest BCUT2D eigenvalue weighted by atomic mass is 16.5. The summed E-state index contributed by atoms with van der Waals surface area (Å²) in [4.78, 5) is 11.6. The molecule has 0 spiro atoms. The number of carboxylic acid groups (broad SMARTS) is 1. The monoisotopic (exact) mass is 467 g/mol. The maximum atomic E-state index is 11.6. The molecule has 1 aromatic heterocycles. The number of nitrogens with zero attached hydrogens (tertiary/aromatic N) is 1. The van der Waals surface area contributed by atoms with Gasteiger partial charge in [-0.15, -0.1) is 0 Å². The fourth-order valence-corrected chi connectivity index (χ4v) is 4.76. The lowest BCUT2D eigenvalue weighted by Crippen LogP contribution is -2.19. The standard InChI is InChI=1S/C30H29NO4/c1-20-27(16-15-26(32)19-21-5-3-2-4-6-21)28(35-31-20)24-9-7-22(8-10-24)23-11-13-25(14-12-23)30(17-18-30)29(33)34/h2-14,26,32H,15-19H2,1H3,(H,33,34). The lowest BCUT2D eigenvalue weighted by atomic mass is 9.93. The molecule has 0 amide bonds. The molecule has 1 aliphatic carbocycles. The van der Waals surface area contributed by atoms with Crippen LogP contribution in [0.15, 0.2) is 83.4 Å². The van der Waals surface area contributed by atoms with Crippen LogP contribution in [0, 0.1) is 6.92 Å². The molecule has 3 aromatic carbocycles. The van der Waals surface area contributed by atoms with E-state index >= 15 is 0 Å². The molecule has 5 heteroatoms. The number of hydrogen-bond acceptors (Lipinski definition) is 4. The van der Waals surface area contributed by atoms with Crippen molar-refractivity contribution in [3.63, 3.8) is 0 Å². The van der Waals surface area contributed by atoms with Crippen molar-refractivity contribution >= 4 is 5.97 Å². The molecule has 4 aromatic rings. The van der Waals surface area contributed by atoms with Crippen LogP contribution in [0.3, 0.4) is 0 Å². The fraction of sp³-hybridized carbons (Fsp3) is 0.267. The smallest absolute Gasteiger partial charge is 0.314 e. The quantitative estimate of drug-likeness (QED) is 0.317. The maximum absolute atomic E-state index is 11.6. The number of hydrogen-bond donors (Lipinski definition) is 2. The number of aromatic nitrogens is 1. The Balaban J connectivity index is 1.28. The third-order valence-electron chi connectivity index (χ3n) is 7.10. The van der Waals surface area contributed by atoms with Crippen LogP contribution in [0.2, 0.25) is 0 Å². The molecule has 178 valence electrons. The number of carboxylic acids is 1. The molecule has 0 aliphatic heterocycles. The van der Waals surface area contributed by atoms with Crippen molar-refractivity contribution in [2.24, 2.45) is 0 Å². The molecule has 1 unspecified atom stereocenters. The van der Waals surface area contributed by atoms with E-state index in [1.807, 2.05) is 85.8 Å². The molecular formula is C30H29NO4. The summed E-state index contributed by atoms with van der Waals surface area (Å²) in [6, 6.07) is 26.0. The van der Waals surface area contributed by atoms with Gasteiger partial charge in [0.15, 0.2) is 5.76 Å². The first-order valence-corrected chi connectivity index (χ1v) is 12.1. The second kappa shape index (κ2) is 9.51. The van der Waals surface area contributed by atoms with E-state index in [2.05, 4.69) is 5.16 Å². The summed E-state index contributed by atoms with van der Waals surface area (Å²) < 4.78 is 5.67. The highest BCUT2D eigenvalue weighted by Gasteiger charge is 2.51. The molecule has 5 rings (SSSR count). The van der Waals surface area contributed by atoms with Crippen LogP contribution in [0.4, 0.5) is 0 Å². The van der Waals surface area contributed by atoms with Crippen LogP contribution in [0.1, 0.15) is 41.6 Å². The Bertz CT molecular complexity index is 1300. The minimum atomic E-state index is -0.736. The average Bonchev–Trinajstić information content (AvgIpc) is 3.62. The van der Waals surface area contributed by atoms with Gasteiger partial charge in [0.2, 0.25) is 0 Å². The third kappa shape index (κ3) is 4.77. The van der Waals surface area contributed by atoms with E-state index in [0.717, 1.165) is 44.8 Å². The van der Waals surface area contributed by atoms with Crippen LogP contribution in [0.25, 0.3) is 22.5 Å². The minimum Gasteiger partial charge on any atom is -0.481 e. The molecule has 0 radical (unpaired) electrons. The highest BCUT2D eigenvalue weighted by molar-refractivity contribution is 5.85. The van der Waals surface area contributed by atoms with Crippen molar-refractivity contribution in [2.75, 3.05) is 0 Å². The number of benzene rings is 3. The number of aliphatic hydroxyl groups excluding tert-OH is 1. The number of aryl methyl sites for hydroxylation is 1. The summed E-state index contributed by atoms with van der Waals surface area (Å²) in [5, 5.41) is 24.2. The SMILES string of the molecule is Cc1noc(-c2ccc(-c3ccc(C4(C(=O)O)CC4)cc3)cc2)c1CCC(O)Cc1ccccc1. The first kappa shape index (κ1) is 23.1. The predicted octanol–water partition coefficient (Wildman–Crippen LogP) is 5.97. The molecule has 35 heavy (non-hydrogen) atoms. The Labute approximate surface area is 205 Å². The topological polar surface area (TPSA) is 83.6 Å². The summed E-state index contributed by atoms with van der Waals surface area (Å²) in [6.45, 7) is 1.94. The molecule has 0 bridgehead atoms. The zero-order valence-electron chi connectivity index (χ0n) is 19.8. The van der Waals surface area contributed by atoms with Crippen molar-refractivity contribution < 1.29 is 19.5 Å². The van der Waals surface area contributed by atoms with Crippen LogP contribution in [0.5, 0.6) is 0 Å². The van der Waals surface area contributed by atoms with Crippen molar-refractivity contribution in [1.82, 2.24) is 5.16 Å². The fourth-order valence-electron chi connectivity index (χ4n) is 4.76. The Morgan fingerprint density at radius 2 is 1.54 bits per heavy atom. The van der Waals surface area contributed by atoms with Gasteiger partial charge in [-0.1, -0.05) is 84.0 Å². The first-order chi connectivity index (χ1) is 17.0. The molecule has 1 saturated carbocycles. The van der Waals surface area contributed by atoms with Crippen molar-refractivity contribution in [1.29, 1.82) is 0 Å². The Morgan fingerprint density at radius 1 is 0.943 bits per heavy atom. The normalized spacial score (nSPS) is 15.0. The van der Waals surface area contributed by atoms with Gasteiger partial charge >= 0.3 is 5.97 Å². The summed E-state index contributed by atoms with van der Waals surface area (Å²) in [5.41, 5.74) is 6.23. The lowest BCUT2D eigenvalue weighted by Gasteiger charge is -2.12. The minimum absolute atomic E-state index is 0.430. The van der Waals surface area contributed by atoms with E-state index < -0.39 is 17.5 Å². The Kier molecular flexibility index (Phi) is 6.27. The van der Waals surface area contributed by atoms with E-state index in [0.29, 0.717) is 32.1 Å². The second-order valence-electron chi connectivity index (χ2n) is 9.50. The number of aliphatic carboxylic acids is 1. The third-order valence-corrected chi connectivity index (χ3v) is 7.10. The molecule has 1 atom stereocenters. The van der Waals surface area contributed by atoms with E-state index in [9.17, 15) is 15.0 Å². The molecule has 5 nitrogen and oxygen atoms in total. The van der Waals surface area contributed by atoms with E-state index in [1.165, 1.54) is 0 Å². The van der Waals surface area contributed by atoms with Gasteiger partial charge in [0.1, 0.15) is 0 Å². The van der Waals surface area contributed by atoms with Gasteiger partial charge < -0.3 is 14.7 Å². The van der Waals surface area contributed by atoms with Crippen molar-refractivity contribution in [3.8, 4) is 22.5 Å². The second-order valence-corrected chi connectivity index (χ2v) is 9.50. The molecular weight excluding hydrogens is 438 g/mol. The van der Waals surface area contributed by atoms with Gasteiger partial charge in [0.05, 0.1) is 17.2 Å². The lowest BCUT2D eigenvalue weighted by molar-refractivity contribution is -0.140. The molecule has 0 saturated heterocycles. The summed E-state index contributed by atoms with van der Waals surface area (Å²) in [6.07, 6.45) is 2.93. The molecule has 1 aliphatic rings. The van der Waals surface area contributed by atoms with Crippen LogP contribution < -0.4 is 0 Å². The summed E-state index contributed by atoms with van der Waals surface area (Å²) in [5.74, 6) is 0.00813. The maximum Gasteiger partial charge on any atom is 0.314 e. The Hall–Kier alpha value is -3.70. The van der Waals surface area contributed by atoms with Gasteiger partial charge in [0, 0.05) is 11.1 Å². The van der Waals surface area contributed by atoms with Gasteiger partial charge in [-0.05, 0) is 61.3 Å². The van der Waals surface area contributed by atoms with Crippen LogP contribution in [-0.2, 0) is 23.1 Å². The van der Waals surface area contributed by atoms with Crippen LogP contribution in [-0.4, -0.2) is 27.4 Å². The van der Waals surface area contributed by atoms with Crippen molar-refractivity contribution in [2.45, 2.75) is 50.5 Å². The van der Waals surface area contributed by atoms with Gasteiger partial charge in [-0.25, -0.2) is 0 Å². The molecule has 2 N–H and O–H groups in total. The van der Waals surface area contributed by atoms with E-state index in [-0.39, 0.29) is 0 Å².